The second-order valence-electron chi connectivity index (χ2n) is 7.80. The molecule has 1 aromatic heterocycles. The van der Waals surface area contributed by atoms with Gasteiger partial charge in [-0.3, -0.25) is 4.79 Å². The SMILES string of the molecule is Cc1ccc(C(C)C(=O)N2CCCCC2c2ncc3c(n2)CCNC3)cc1. The lowest BCUT2D eigenvalue weighted by atomic mass is 9.94. The quantitative estimate of drug-likeness (QED) is 0.908. The molecule has 0 radical (unpaired) electrons. The van der Waals surface area contributed by atoms with Crippen LogP contribution in [0.4, 0.5) is 0 Å². The van der Waals surface area contributed by atoms with Crippen LogP contribution in [0.1, 0.15) is 66.4 Å². The van der Waals surface area contributed by atoms with E-state index in [-0.39, 0.29) is 17.9 Å². The molecular weight excluding hydrogens is 336 g/mol. The number of nitrogens with zero attached hydrogens (tertiary/aromatic N) is 3. The molecule has 142 valence electrons. The van der Waals surface area contributed by atoms with E-state index in [9.17, 15) is 4.79 Å². The summed E-state index contributed by atoms with van der Waals surface area (Å²) in [5.41, 5.74) is 4.62. The number of fused-ring (bicyclic) bond motifs is 1. The molecule has 5 heteroatoms. The predicted molar refractivity (Wildman–Crippen MR) is 105 cm³/mol. The highest BCUT2D eigenvalue weighted by Crippen LogP contribution is 2.32. The third-order valence-corrected chi connectivity index (χ3v) is 5.86. The molecule has 3 heterocycles. The van der Waals surface area contributed by atoms with Crippen LogP contribution in [0.2, 0.25) is 0 Å². The molecule has 2 atom stereocenters. The van der Waals surface area contributed by atoms with Crippen LogP contribution in [0.15, 0.2) is 30.5 Å². The summed E-state index contributed by atoms with van der Waals surface area (Å²) in [6.45, 7) is 6.67. The van der Waals surface area contributed by atoms with Crippen molar-refractivity contribution >= 4 is 5.91 Å². The van der Waals surface area contributed by atoms with E-state index in [1.807, 2.05) is 18.0 Å². The van der Waals surface area contributed by atoms with Crippen LogP contribution < -0.4 is 5.32 Å². The fourth-order valence-corrected chi connectivity index (χ4v) is 4.12. The normalized spacial score (nSPS) is 20.8. The van der Waals surface area contributed by atoms with Gasteiger partial charge in [0.25, 0.3) is 0 Å². The van der Waals surface area contributed by atoms with E-state index in [4.69, 9.17) is 4.98 Å². The van der Waals surface area contributed by atoms with E-state index >= 15 is 0 Å². The number of nitrogens with one attached hydrogen (secondary N) is 1. The summed E-state index contributed by atoms with van der Waals surface area (Å²) >= 11 is 0. The Hall–Kier alpha value is -2.27. The highest BCUT2D eigenvalue weighted by molar-refractivity contribution is 5.83. The van der Waals surface area contributed by atoms with E-state index in [1.165, 1.54) is 11.1 Å². The number of amides is 1. The van der Waals surface area contributed by atoms with Crippen molar-refractivity contribution in [1.82, 2.24) is 20.2 Å². The first-order chi connectivity index (χ1) is 13.1. The molecule has 2 aliphatic heterocycles. The second-order valence-corrected chi connectivity index (χ2v) is 7.80. The zero-order valence-electron chi connectivity index (χ0n) is 16.2. The topological polar surface area (TPSA) is 58.1 Å². The number of piperidine rings is 1. The van der Waals surface area contributed by atoms with Gasteiger partial charge in [-0.05, 0) is 38.7 Å². The van der Waals surface area contributed by atoms with Gasteiger partial charge in [0, 0.05) is 43.5 Å². The van der Waals surface area contributed by atoms with Crippen LogP contribution in [0.3, 0.4) is 0 Å². The number of hydrogen-bond acceptors (Lipinski definition) is 4. The Morgan fingerprint density at radius 1 is 1.26 bits per heavy atom. The maximum absolute atomic E-state index is 13.3. The largest absolute Gasteiger partial charge is 0.332 e. The van der Waals surface area contributed by atoms with Crippen LogP contribution in [0.5, 0.6) is 0 Å². The zero-order valence-corrected chi connectivity index (χ0v) is 16.2. The monoisotopic (exact) mass is 364 g/mol. The van der Waals surface area contributed by atoms with Crippen LogP contribution in [-0.4, -0.2) is 33.9 Å². The molecule has 0 bridgehead atoms. The molecule has 4 rings (SSSR count). The Morgan fingerprint density at radius 2 is 2.07 bits per heavy atom. The van der Waals surface area contributed by atoms with Gasteiger partial charge >= 0.3 is 0 Å². The Labute approximate surface area is 161 Å². The minimum absolute atomic E-state index is 0.000617. The van der Waals surface area contributed by atoms with Crippen molar-refractivity contribution in [2.24, 2.45) is 0 Å². The first kappa shape index (κ1) is 18.1. The van der Waals surface area contributed by atoms with Crippen molar-refractivity contribution in [2.45, 2.75) is 58.0 Å². The molecule has 0 spiro atoms. The number of benzene rings is 1. The lowest BCUT2D eigenvalue weighted by molar-refractivity contribution is -0.136. The number of carbonyl (C=O) groups is 1. The summed E-state index contributed by atoms with van der Waals surface area (Å²) in [6, 6.07) is 8.29. The number of rotatable bonds is 3. The van der Waals surface area contributed by atoms with E-state index < -0.39 is 0 Å². The molecule has 5 nitrogen and oxygen atoms in total. The third kappa shape index (κ3) is 3.74. The minimum Gasteiger partial charge on any atom is -0.332 e. The molecule has 1 aromatic carbocycles. The number of aromatic nitrogens is 2. The van der Waals surface area contributed by atoms with Gasteiger partial charge in [-0.25, -0.2) is 9.97 Å². The van der Waals surface area contributed by atoms with Crippen LogP contribution in [0.25, 0.3) is 0 Å². The third-order valence-electron chi connectivity index (χ3n) is 5.86. The van der Waals surface area contributed by atoms with Gasteiger partial charge in [0.1, 0.15) is 0 Å². The Bertz CT molecular complexity index is 818. The molecule has 1 N–H and O–H groups in total. The number of aryl methyl sites for hydroxylation is 1. The van der Waals surface area contributed by atoms with Gasteiger partial charge in [0.2, 0.25) is 5.91 Å². The standard InChI is InChI=1S/C22H28N4O/c1-15-6-8-17(9-7-15)16(2)22(27)26-12-4-3-5-20(26)21-24-14-18-13-23-11-10-19(18)25-21/h6-9,14,16,20,23H,3-5,10-13H2,1-2H3. The van der Waals surface area contributed by atoms with Gasteiger partial charge in [-0.2, -0.15) is 0 Å². The molecule has 1 fully saturated rings. The smallest absolute Gasteiger partial charge is 0.230 e. The van der Waals surface area contributed by atoms with Gasteiger partial charge < -0.3 is 10.2 Å². The summed E-state index contributed by atoms with van der Waals surface area (Å²) in [4.78, 5) is 24.9. The van der Waals surface area contributed by atoms with Gasteiger partial charge in [-0.1, -0.05) is 29.8 Å². The average Bonchev–Trinajstić information content (AvgIpc) is 2.73. The van der Waals surface area contributed by atoms with Gasteiger partial charge in [0.05, 0.1) is 12.0 Å². The van der Waals surface area contributed by atoms with E-state index in [0.29, 0.717) is 0 Å². The Morgan fingerprint density at radius 3 is 2.89 bits per heavy atom. The lowest BCUT2D eigenvalue weighted by Gasteiger charge is -2.36. The molecule has 0 aliphatic carbocycles. The first-order valence-corrected chi connectivity index (χ1v) is 10.1. The van der Waals surface area contributed by atoms with Crippen molar-refractivity contribution in [2.75, 3.05) is 13.1 Å². The highest BCUT2D eigenvalue weighted by atomic mass is 16.2. The molecule has 2 aromatic rings. The number of hydrogen-bond donors (Lipinski definition) is 1. The highest BCUT2D eigenvalue weighted by Gasteiger charge is 2.33. The second kappa shape index (κ2) is 7.77. The summed E-state index contributed by atoms with van der Waals surface area (Å²) < 4.78 is 0. The fourth-order valence-electron chi connectivity index (χ4n) is 4.12. The fraction of sp³-hybridized carbons (Fsp3) is 0.500. The van der Waals surface area contributed by atoms with E-state index in [2.05, 4.69) is 41.5 Å². The Kier molecular flexibility index (Phi) is 5.21. The molecule has 1 saturated heterocycles. The average molecular weight is 364 g/mol. The van der Waals surface area contributed by atoms with Crippen molar-refractivity contribution in [3.8, 4) is 0 Å². The molecule has 0 saturated carbocycles. The van der Waals surface area contributed by atoms with Crippen LogP contribution in [-0.2, 0) is 17.8 Å². The molecule has 27 heavy (non-hydrogen) atoms. The van der Waals surface area contributed by atoms with Crippen LogP contribution >= 0.6 is 0 Å². The van der Waals surface area contributed by atoms with Crippen molar-refractivity contribution < 1.29 is 4.79 Å². The van der Waals surface area contributed by atoms with Crippen molar-refractivity contribution in [3.63, 3.8) is 0 Å². The molecule has 1 amide bonds. The molecule has 2 unspecified atom stereocenters. The predicted octanol–water partition coefficient (Wildman–Crippen LogP) is 3.29. The van der Waals surface area contributed by atoms with Crippen molar-refractivity contribution in [3.05, 3.63) is 58.7 Å². The maximum atomic E-state index is 13.3. The summed E-state index contributed by atoms with van der Waals surface area (Å²) in [5.74, 6) is 0.861. The molecular formula is C22H28N4O. The van der Waals surface area contributed by atoms with E-state index in [0.717, 1.165) is 62.4 Å². The first-order valence-electron chi connectivity index (χ1n) is 10.1. The summed E-state index contributed by atoms with van der Waals surface area (Å²) in [5, 5.41) is 3.36. The molecule has 2 aliphatic rings. The Balaban J connectivity index is 1.58. The van der Waals surface area contributed by atoms with Gasteiger partial charge in [0.15, 0.2) is 5.82 Å². The lowest BCUT2D eigenvalue weighted by Crippen LogP contribution is -2.41. The van der Waals surface area contributed by atoms with Gasteiger partial charge in [-0.15, -0.1) is 0 Å². The summed E-state index contributed by atoms with van der Waals surface area (Å²) in [7, 11) is 0. The van der Waals surface area contributed by atoms with Crippen LogP contribution in [0, 0.1) is 6.92 Å². The number of likely N-dealkylation sites (tertiary alicyclic amines) is 1. The minimum atomic E-state index is -0.145. The summed E-state index contributed by atoms with van der Waals surface area (Å²) in [6.07, 6.45) is 6.01. The van der Waals surface area contributed by atoms with Crippen molar-refractivity contribution in [1.29, 1.82) is 0 Å². The zero-order chi connectivity index (χ0) is 18.8. The maximum Gasteiger partial charge on any atom is 0.230 e. The van der Waals surface area contributed by atoms with E-state index in [1.54, 1.807) is 0 Å². The number of carbonyl (C=O) groups excluding carboxylic acids is 1.